The van der Waals surface area contributed by atoms with E-state index < -0.39 is 0 Å². The van der Waals surface area contributed by atoms with E-state index in [0.717, 1.165) is 14.8 Å². The van der Waals surface area contributed by atoms with Crippen molar-refractivity contribution >= 4 is 37.7 Å². The van der Waals surface area contributed by atoms with Crippen molar-refractivity contribution in [2.24, 2.45) is 0 Å². The maximum Gasteiger partial charge on any atom is 0.207 e. The Labute approximate surface area is 63.8 Å². The summed E-state index contributed by atoms with van der Waals surface area (Å²) in [6.07, 6.45) is 3.45. The summed E-state index contributed by atoms with van der Waals surface area (Å²) in [4.78, 5) is 0.877. The summed E-state index contributed by atoms with van der Waals surface area (Å²) in [6.45, 7) is 0. The summed E-state index contributed by atoms with van der Waals surface area (Å²) >= 11 is 4.68. The number of fused-ring (bicyclic) bond motifs is 1. The molecule has 0 aliphatic carbocycles. The van der Waals surface area contributed by atoms with Crippen LogP contribution in [0.3, 0.4) is 0 Å². The zero-order valence-electron chi connectivity index (χ0n) is 4.30. The Morgan fingerprint density at radius 2 is 2.56 bits per heavy atom. The van der Waals surface area contributed by atoms with Crippen molar-refractivity contribution in [2.75, 3.05) is 0 Å². The van der Waals surface area contributed by atoms with Crippen LogP contribution in [0.15, 0.2) is 21.3 Å². The van der Waals surface area contributed by atoms with Gasteiger partial charge < -0.3 is 4.42 Å². The predicted molar refractivity (Wildman–Crippen MR) is 39.6 cm³/mol. The van der Waals surface area contributed by atoms with Crippen molar-refractivity contribution in [3.05, 3.63) is 16.9 Å². The van der Waals surface area contributed by atoms with Gasteiger partial charge >= 0.3 is 0 Å². The smallest absolute Gasteiger partial charge is 0.207 e. The van der Waals surface area contributed by atoms with E-state index >= 15 is 0 Å². The molecule has 0 N–H and O–H groups in total. The van der Waals surface area contributed by atoms with Crippen LogP contribution in [-0.2, 0) is 0 Å². The number of rotatable bonds is 0. The molecule has 0 aromatic carbocycles. The maximum absolute atomic E-state index is 5.10. The van der Waals surface area contributed by atoms with Crippen molar-refractivity contribution in [1.82, 2.24) is 4.37 Å². The van der Waals surface area contributed by atoms with Crippen LogP contribution in [0.5, 0.6) is 0 Å². The monoisotopic (exact) mass is 203 g/mol. The van der Waals surface area contributed by atoms with Crippen LogP contribution in [0.4, 0.5) is 0 Å². The number of furan rings is 1. The molecule has 0 aliphatic heterocycles. The van der Waals surface area contributed by atoms with Crippen molar-refractivity contribution < 1.29 is 4.42 Å². The first-order valence-corrected chi connectivity index (χ1v) is 3.92. The molecule has 0 unspecified atom stereocenters. The average molecular weight is 204 g/mol. The lowest BCUT2D eigenvalue weighted by atomic mass is 10.5. The van der Waals surface area contributed by atoms with Gasteiger partial charge in [-0.05, 0) is 15.9 Å². The van der Waals surface area contributed by atoms with Gasteiger partial charge in [0.2, 0.25) is 4.90 Å². The van der Waals surface area contributed by atoms with Crippen LogP contribution in [0, 0.1) is 0 Å². The Kier molecular flexibility index (Phi) is 1.10. The molecule has 0 radical (unpaired) electrons. The largest absolute Gasteiger partial charge is 0.451 e. The van der Waals surface area contributed by atoms with Crippen LogP contribution < -0.4 is 0 Å². The van der Waals surface area contributed by atoms with Gasteiger partial charge in [-0.25, -0.2) is 0 Å². The molecule has 0 spiro atoms. The SMILES string of the molecule is Brc1coc2sncc12. The third kappa shape index (κ3) is 0.702. The highest BCUT2D eigenvalue weighted by molar-refractivity contribution is 9.10. The highest BCUT2D eigenvalue weighted by Gasteiger charge is 2.02. The molecule has 0 amide bonds. The Bertz CT molecular complexity index is 326. The molecule has 0 aliphatic rings. The number of aromatic nitrogens is 1. The summed E-state index contributed by atoms with van der Waals surface area (Å²) in [6, 6.07) is 0. The Morgan fingerprint density at radius 3 is 3.33 bits per heavy atom. The quantitative estimate of drug-likeness (QED) is 0.659. The van der Waals surface area contributed by atoms with Gasteiger partial charge in [0.15, 0.2) is 0 Å². The van der Waals surface area contributed by atoms with Gasteiger partial charge in [-0.1, -0.05) is 0 Å². The first kappa shape index (κ1) is 5.44. The normalized spacial score (nSPS) is 10.8. The molecule has 2 aromatic heterocycles. The van der Waals surface area contributed by atoms with Crippen LogP contribution in [-0.4, -0.2) is 4.37 Å². The van der Waals surface area contributed by atoms with Crippen molar-refractivity contribution in [2.45, 2.75) is 0 Å². The van der Waals surface area contributed by atoms with Crippen LogP contribution in [0.1, 0.15) is 0 Å². The fourth-order valence-electron chi connectivity index (χ4n) is 0.642. The van der Waals surface area contributed by atoms with Gasteiger partial charge in [0, 0.05) is 11.5 Å². The van der Waals surface area contributed by atoms with Crippen molar-refractivity contribution in [3.63, 3.8) is 0 Å². The molecule has 0 bridgehead atoms. The number of hydrogen-bond donors (Lipinski definition) is 0. The lowest BCUT2D eigenvalue weighted by molar-refractivity contribution is 0.621. The van der Waals surface area contributed by atoms with Gasteiger partial charge in [-0.2, -0.15) is 4.37 Å². The van der Waals surface area contributed by atoms with Crippen LogP contribution >= 0.6 is 27.5 Å². The molecule has 2 nitrogen and oxygen atoms in total. The maximum atomic E-state index is 5.10. The van der Waals surface area contributed by atoms with E-state index in [1.165, 1.54) is 11.5 Å². The number of halogens is 1. The third-order valence-electron chi connectivity index (χ3n) is 1.06. The molecule has 2 aromatic rings. The molecule has 0 atom stereocenters. The standard InChI is InChI=1S/C5H2BrNOS/c6-4-2-8-5-3(4)1-7-9-5/h1-2H. The van der Waals surface area contributed by atoms with E-state index in [0.29, 0.717) is 0 Å². The van der Waals surface area contributed by atoms with E-state index in [2.05, 4.69) is 20.3 Å². The van der Waals surface area contributed by atoms with Crippen LogP contribution in [0.25, 0.3) is 10.3 Å². The molecule has 4 heteroatoms. The number of nitrogens with zero attached hydrogens (tertiary/aromatic N) is 1. The molecule has 0 fully saturated rings. The zero-order valence-corrected chi connectivity index (χ0v) is 6.70. The highest BCUT2D eigenvalue weighted by atomic mass is 79.9. The van der Waals surface area contributed by atoms with Gasteiger partial charge in [-0.3, -0.25) is 0 Å². The average Bonchev–Trinajstić information content (AvgIpc) is 2.35. The molecule has 2 rings (SSSR count). The van der Waals surface area contributed by atoms with E-state index in [9.17, 15) is 0 Å². The highest BCUT2D eigenvalue weighted by Crippen LogP contribution is 2.27. The third-order valence-corrected chi connectivity index (χ3v) is 2.37. The fraction of sp³-hybridized carbons (Fsp3) is 0. The summed E-state index contributed by atoms with van der Waals surface area (Å²) in [7, 11) is 0. The zero-order chi connectivity index (χ0) is 6.27. The van der Waals surface area contributed by atoms with Crippen molar-refractivity contribution in [1.29, 1.82) is 0 Å². The van der Waals surface area contributed by atoms with Gasteiger partial charge in [0.1, 0.15) is 6.26 Å². The Hall–Kier alpha value is -0.350. The fourth-order valence-corrected chi connectivity index (χ4v) is 1.75. The summed E-state index contributed by atoms with van der Waals surface area (Å²) < 4.78 is 10.0. The molecule has 0 saturated heterocycles. The lowest BCUT2D eigenvalue weighted by Gasteiger charge is -1.68. The van der Waals surface area contributed by atoms with Crippen LogP contribution in [0.2, 0.25) is 0 Å². The van der Waals surface area contributed by atoms with E-state index in [-0.39, 0.29) is 0 Å². The second kappa shape index (κ2) is 1.82. The molecule has 46 valence electrons. The molecule has 9 heavy (non-hydrogen) atoms. The number of hydrogen-bond acceptors (Lipinski definition) is 3. The summed E-state index contributed by atoms with van der Waals surface area (Å²) in [5.41, 5.74) is 0. The van der Waals surface area contributed by atoms with Gasteiger partial charge in [-0.15, -0.1) is 0 Å². The van der Waals surface area contributed by atoms with E-state index in [4.69, 9.17) is 4.42 Å². The summed E-state index contributed by atoms with van der Waals surface area (Å²) in [5, 5.41) is 1.06. The second-order valence-corrected chi connectivity index (χ2v) is 3.23. The predicted octanol–water partition coefficient (Wildman–Crippen LogP) is 2.65. The topological polar surface area (TPSA) is 26.0 Å². The minimum Gasteiger partial charge on any atom is -0.451 e. The lowest BCUT2D eigenvalue weighted by Crippen LogP contribution is -1.49. The first-order valence-electron chi connectivity index (χ1n) is 2.35. The van der Waals surface area contributed by atoms with E-state index in [1.807, 2.05) is 0 Å². The van der Waals surface area contributed by atoms with Gasteiger partial charge in [0.05, 0.1) is 16.1 Å². The minimum absolute atomic E-state index is 0.877. The summed E-state index contributed by atoms with van der Waals surface area (Å²) in [5.74, 6) is 0. The van der Waals surface area contributed by atoms with Crippen molar-refractivity contribution in [3.8, 4) is 0 Å². The molecular formula is C5H2BrNOS. The Morgan fingerprint density at radius 1 is 1.67 bits per heavy atom. The molecular weight excluding hydrogens is 202 g/mol. The Balaban J connectivity index is 2.99. The second-order valence-electron chi connectivity index (χ2n) is 1.61. The van der Waals surface area contributed by atoms with Gasteiger partial charge in [0.25, 0.3) is 0 Å². The minimum atomic E-state index is 0.877. The first-order chi connectivity index (χ1) is 4.38. The van der Waals surface area contributed by atoms with E-state index in [1.54, 1.807) is 12.5 Å². The molecule has 2 heterocycles. The molecule has 0 saturated carbocycles.